The molecule has 0 unspecified atom stereocenters. The van der Waals surface area contributed by atoms with Gasteiger partial charge in [0.15, 0.2) is 186 Å². The lowest BCUT2D eigenvalue weighted by molar-refractivity contribution is 0.370. The molecule has 10 aromatic carbocycles. The summed E-state index contributed by atoms with van der Waals surface area (Å²) in [5.41, 5.74) is -13.1. The second-order valence-electron chi connectivity index (χ2n) is 20.0. The lowest BCUT2D eigenvalue weighted by Crippen LogP contribution is -2.10. The van der Waals surface area contributed by atoms with Crippen molar-refractivity contribution in [2.75, 3.05) is 0 Å². The van der Waals surface area contributed by atoms with Gasteiger partial charge >= 0.3 is 0 Å². The number of halogens is 40. The van der Waals surface area contributed by atoms with Crippen LogP contribution in [-0.4, -0.2) is 0 Å². The van der Waals surface area contributed by atoms with E-state index in [1.807, 2.05) is 0 Å². The summed E-state index contributed by atoms with van der Waals surface area (Å²) in [6, 6.07) is 21.1. The summed E-state index contributed by atoms with van der Waals surface area (Å²) in [6.45, 7) is 0. The van der Waals surface area contributed by atoms with Gasteiger partial charge in [-0.15, -0.1) is 0 Å². The van der Waals surface area contributed by atoms with Crippen molar-refractivity contribution in [1.29, 1.82) is 0 Å². The molecule has 0 heterocycles. The van der Waals surface area contributed by atoms with Gasteiger partial charge in [0.1, 0.15) is 5.57 Å². The molecule has 40 heteroatoms. The molecule has 0 nitrogen and oxygen atoms in total. The third-order valence-corrected chi connectivity index (χ3v) is 13.9. The van der Waals surface area contributed by atoms with Crippen molar-refractivity contribution >= 4 is 5.57 Å². The van der Waals surface area contributed by atoms with Crippen molar-refractivity contribution in [3.8, 4) is 44.5 Å². The molecule has 0 N–H and O–H groups in total. The van der Waals surface area contributed by atoms with Crippen molar-refractivity contribution in [2.24, 2.45) is 0 Å². The predicted octanol–water partition coefficient (Wildman–Crippen LogP) is 23.8. The standard InChI is InChI=1S/C19H15.4C12F10/c1-4-10-16(11-5-1)19(17-12-6-2-7-13-17)18-14-8-3-9-15-18;4*13-3-1(4(14)8(18)11(21)7(3)17)2-5(15)9(19)12(22)10(20)6(2)16/h1-15H;;;;/q+1;;;;. The topological polar surface area (TPSA) is 0 Å². The molecule has 0 radical (unpaired) electrons. The van der Waals surface area contributed by atoms with E-state index in [1.165, 1.54) is 22.3 Å². The van der Waals surface area contributed by atoms with Gasteiger partial charge in [-0.3, -0.25) is 0 Å². The molecule has 0 amide bonds. The Morgan fingerprint density at radius 2 is 0.290 bits per heavy atom. The largest absolute Gasteiger partial charge is 0.203 e. The van der Waals surface area contributed by atoms with Crippen LogP contribution in [0.3, 0.4) is 0 Å². The van der Waals surface area contributed by atoms with Gasteiger partial charge in [0.05, 0.1) is 50.1 Å². The molecule has 562 valence electrons. The lowest BCUT2D eigenvalue weighted by Gasteiger charge is -2.11. The highest BCUT2D eigenvalue weighted by Gasteiger charge is 2.40. The Morgan fingerprint density at radius 1 is 0.159 bits per heavy atom. The molecule has 0 fully saturated rings. The maximum absolute atomic E-state index is 13.4. The van der Waals surface area contributed by atoms with E-state index in [0.29, 0.717) is 0 Å². The first kappa shape index (κ1) is 82.8. The van der Waals surface area contributed by atoms with Gasteiger partial charge < -0.3 is 0 Å². The Labute approximate surface area is 565 Å². The third kappa shape index (κ3) is 15.0. The van der Waals surface area contributed by atoms with Gasteiger partial charge in [-0.25, -0.2) is 176 Å². The van der Waals surface area contributed by atoms with E-state index in [2.05, 4.69) is 91.4 Å². The zero-order valence-corrected chi connectivity index (χ0v) is 49.8. The SMILES string of the molecule is C1=C[CH+]C(=C(c2ccccc2)c2ccccc2)C=C1.Fc1c(F)c(F)c(-c2c(F)c(F)c(F)c(F)c2F)c(F)c1F.Fc1c(F)c(F)c(-c2c(F)c(F)c(F)c(F)c2F)c(F)c1F.Fc1c(F)c(F)c(-c2c(F)c(F)c(F)c(F)c2F)c(F)c1F.Fc1c(F)c(F)c(-c2c(F)c(F)c(F)c(F)c2F)c(F)c1F. The van der Waals surface area contributed by atoms with Gasteiger partial charge in [-0.2, -0.15) is 0 Å². The van der Waals surface area contributed by atoms with E-state index in [-0.39, 0.29) is 0 Å². The van der Waals surface area contributed by atoms with Crippen LogP contribution in [-0.2, 0) is 0 Å². The minimum atomic E-state index is -2.68. The minimum absolute atomic E-state index is 1.25. The van der Waals surface area contributed by atoms with Gasteiger partial charge in [-0.05, 0) is 24.3 Å². The van der Waals surface area contributed by atoms with E-state index in [0.717, 1.165) is 0 Å². The number of hydrogen-bond acceptors (Lipinski definition) is 0. The molecule has 0 aliphatic heterocycles. The average molecular weight is 1580 g/mol. The molecule has 0 spiro atoms. The molecule has 11 rings (SSSR count). The zero-order valence-electron chi connectivity index (χ0n) is 49.8. The predicted molar refractivity (Wildman–Crippen MR) is 287 cm³/mol. The number of hydrogen-bond donors (Lipinski definition) is 0. The highest BCUT2D eigenvalue weighted by molar-refractivity contribution is 5.85. The Bertz CT molecular complexity index is 4270. The van der Waals surface area contributed by atoms with E-state index in [9.17, 15) is 176 Å². The Morgan fingerprint density at radius 3 is 0.411 bits per heavy atom. The van der Waals surface area contributed by atoms with E-state index < -0.39 is 277 Å². The minimum Gasteiger partial charge on any atom is -0.203 e. The number of benzene rings is 10. The second kappa shape index (κ2) is 32.5. The molecule has 0 saturated heterocycles. The fourth-order valence-corrected chi connectivity index (χ4v) is 8.91. The van der Waals surface area contributed by atoms with Crippen LogP contribution in [0.25, 0.3) is 50.1 Å². The molecular formula is C67H15F40+. The first-order chi connectivity index (χ1) is 49.9. The van der Waals surface area contributed by atoms with Crippen LogP contribution in [0.5, 0.6) is 0 Å². The van der Waals surface area contributed by atoms with Gasteiger partial charge in [0.25, 0.3) is 0 Å². The molecule has 107 heavy (non-hydrogen) atoms. The zero-order chi connectivity index (χ0) is 80.6. The number of rotatable bonds is 6. The summed E-state index contributed by atoms with van der Waals surface area (Å²) >= 11 is 0. The Balaban J connectivity index is 0.000000187. The summed E-state index contributed by atoms with van der Waals surface area (Å²) in [5, 5.41) is 0. The van der Waals surface area contributed by atoms with Crippen molar-refractivity contribution in [3.05, 3.63) is 341 Å². The van der Waals surface area contributed by atoms with E-state index in [4.69, 9.17) is 0 Å². The average Bonchev–Trinajstić information content (AvgIpc) is 0.767. The molecule has 0 saturated carbocycles. The van der Waals surface area contributed by atoms with Crippen LogP contribution >= 0.6 is 0 Å². The number of allylic oxidation sites excluding steroid dienone is 5. The maximum atomic E-state index is 13.4. The summed E-state index contributed by atoms with van der Waals surface area (Å²) in [6.07, 6.45) is 10.5. The third-order valence-electron chi connectivity index (χ3n) is 13.9. The van der Waals surface area contributed by atoms with Crippen LogP contribution in [0.4, 0.5) is 176 Å². The fourth-order valence-electron chi connectivity index (χ4n) is 8.91. The highest BCUT2D eigenvalue weighted by Crippen LogP contribution is 2.43. The molecule has 10 aromatic rings. The van der Waals surface area contributed by atoms with Crippen LogP contribution in [0.15, 0.2) is 90.5 Å². The first-order valence-electron chi connectivity index (χ1n) is 27.0. The van der Waals surface area contributed by atoms with Crippen molar-refractivity contribution in [1.82, 2.24) is 0 Å². The Kier molecular flexibility index (Phi) is 25.1. The second-order valence-corrected chi connectivity index (χ2v) is 20.0. The molecule has 0 atom stereocenters. The molecule has 0 aromatic heterocycles. The van der Waals surface area contributed by atoms with Gasteiger partial charge in [0.2, 0.25) is 46.5 Å². The first-order valence-corrected chi connectivity index (χ1v) is 27.0. The monoisotopic (exact) mass is 1580 g/mol. The molecule has 0 bridgehead atoms. The van der Waals surface area contributed by atoms with Crippen LogP contribution < -0.4 is 0 Å². The molecule has 1 aliphatic carbocycles. The molecular weight excluding hydrogens is 1560 g/mol. The van der Waals surface area contributed by atoms with Gasteiger partial charge in [0, 0.05) is 41.9 Å². The normalized spacial score (nSPS) is 11.5. The lowest BCUT2D eigenvalue weighted by atomic mass is 9.90. The van der Waals surface area contributed by atoms with Crippen LogP contribution in [0.1, 0.15) is 11.1 Å². The fraction of sp³-hybridized carbons (Fsp3) is 0. The maximum Gasteiger partial charge on any atom is 0.200 e. The van der Waals surface area contributed by atoms with Crippen LogP contribution in [0.2, 0.25) is 0 Å². The van der Waals surface area contributed by atoms with Crippen molar-refractivity contribution in [2.45, 2.75) is 0 Å². The molecule has 1 aliphatic rings. The highest BCUT2D eigenvalue weighted by atomic mass is 19.2. The summed E-state index contributed by atoms with van der Waals surface area (Å²) < 4.78 is 525. The van der Waals surface area contributed by atoms with Crippen LogP contribution in [0, 0.1) is 239 Å². The quantitative estimate of drug-likeness (QED) is 0.0674. The smallest absolute Gasteiger partial charge is 0.200 e. The van der Waals surface area contributed by atoms with E-state index in [1.54, 1.807) is 0 Å². The summed E-state index contributed by atoms with van der Waals surface area (Å²) in [4.78, 5) is 0. The van der Waals surface area contributed by atoms with Crippen molar-refractivity contribution < 1.29 is 176 Å². The Hall–Kier alpha value is -11.5. The van der Waals surface area contributed by atoms with Gasteiger partial charge in [-0.1, -0.05) is 36.4 Å². The van der Waals surface area contributed by atoms with E-state index >= 15 is 0 Å². The van der Waals surface area contributed by atoms with Crippen molar-refractivity contribution in [3.63, 3.8) is 0 Å². The summed E-state index contributed by atoms with van der Waals surface area (Å²) in [5.74, 6) is -107. The summed E-state index contributed by atoms with van der Waals surface area (Å²) in [7, 11) is 0.